The summed E-state index contributed by atoms with van der Waals surface area (Å²) in [7, 11) is 0. The Morgan fingerprint density at radius 3 is 2.50 bits per heavy atom. The zero-order valence-corrected chi connectivity index (χ0v) is 12.5. The van der Waals surface area contributed by atoms with E-state index in [9.17, 15) is 9.59 Å². The van der Waals surface area contributed by atoms with Crippen LogP contribution in [0, 0.1) is 0 Å². The minimum absolute atomic E-state index is 0.202. The molecule has 0 unspecified atom stereocenters. The molecule has 0 atom stereocenters. The number of aliphatic carboxylic acids is 1. The van der Waals surface area contributed by atoms with E-state index in [1.807, 2.05) is 30.3 Å². The molecule has 1 heterocycles. The van der Waals surface area contributed by atoms with Crippen molar-refractivity contribution in [3.05, 3.63) is 71.4 Å². The Bertz CT molecular complexity index is 822. The number of carbonyl (C=O) groups is 2. The van der Waals surface area contributed by atoms with Gasteiger partial charge in [0.2, 0.25) is 5.90 Å². The van der Waals surface area contributed by atoms with Crippen LogP contribution in [0.25, 0.3) is 6.08 Å². The number of esters is 1. The average Bonchev–Trinajstić information content (AvgIpc) is 2.96. The lowest BCUT2D eigenvalue weighted by Crippen LogP contribution is -2.09. The highest BCUT2D eigenvalue weighted by atomic mass is 16.6. The first kappa shape index (κ1) is 15.5. The second kappa shape index (κ2) is 6.78. The average molecular weight is 323 g/mol. The molecule has 6 nitrogen and oxygen atoms in total. The van der Waals surface area contributed by atoms with Crippen molar-refractivity contribution < 1.29 is 24.2 Å². The first-order valence-corrected chi connectivity index (χ1v) is 7.14. The summed E-state index contributed by atoms with van der Waals surface area (Å²) in [5.41, 5.74) is 1.66. The summed E-state index contributed by atoms with van der Waals surface area (Å²) < 4.78 is 10.2. The molecule has 0 aliphatic carbocycles. The third-order valence-electron chi connectivity index (χ3n) is 3.19. The molecule has 0 amide bonds. The van der Waals surface area contributed by atoms with Crippen molar-refractivity contribution in [1.29, 1.82) is 0 Å². The molecular formula is C18H13NO5. The van der Waals surface area contributed by atoms with Gasteiger partial charge in [-0.05, 0) is 35.9 Å². The zero-order valence-electron chi connectivity index (χ0n) is 12.5. The van der Waals surface area contributed by atoms with Gasteiger partial charge in [0.05, 0.1) is 0 Å². The van der Waals surface area contributed by atoms with Crippen molar-refractivity contribution in [1.82, 2.24) is 0 Å². The molecule has 0 bridgehead atoms. The van der Waals surface area contributed by atoms with Gasteiger partial charge in [-0.2, -0.15) is 0 Å². The fraction of sp³-hybridized carbons (Fsp3) is 0.0556. The Morgan fingerprint density at radius 1 is 1.12 bits per heavy atom. The van der Waals surface area contributed by atoms with Gasteiger partial charge in [-0.25, -0.2) is 14.6 Å². The zero-order chi connectivity index (χ0) is 16.9. The number of carboxylic acids is 1. The first-order valence-electron chi connectivity index (χ1n) is 7.14. The number of nitrogens with zero attached hydrogens (tertiary/aromatic N) is 1. The monoisotopic (exact) mass is 323 g/mol. The molecule has 0 radical (unpaired) electrons. The number of hydrogen-bond donors (Lipinski definition) is 1. The molecule has 0 saturated carbocycles. The van der Waals surface area contributed by atoms with Crippen molar-refractivity contribution in [3.63, 3.8) is 0 Å². The predicted octanol–water partition coefficient (Wildman–Crippen LogP) is 2.49. The summed E-state index contributed by atoms with van der Waals surface area (Å²) in [5, 5.41) is 8.57. The van der Waals surface area contributed by atoms with E-state index in [2.05, 4.69) is 4.99 Å². The van der Waals surface area contributed by atoms with Crippen LogP contribution in [-0.4, -0.2) is 29.5 Å². The number of ether oxygens (including phenoxy) is 2. The van der Waals surface area contributed by atoms with Crippen LogP contribution >= 0.6 is 0 Å². The Labute approximate surface area is 137 Å². The van der Waals surface area contributed by atoms with E-state index in [0.29, 0.717) is 5.75 Å². The summed E-state index contributed by atoms with van der Waals surface area (Å²) in [6.07, 6.45) is 1.60. The van der Waals surface area contributed by atoms with Crippen LogP contribution in [0.3, 0.4) is 0 Å². The fourth-order valence-electron chi connectivity index (χ4n) is 2.08. The third-order valence-corrected chi connectivity index (χ3v) is 3.19. The van der Waals surface area contributed by atoms with Crippen LogP contribution in [-0.2, 0) is 14.3 Å². The van der Waals surface area contributed by atoms with E-state index in [1.165, 1.54) is 0 Å². The maximum Gasteiger partial charge on any atom is 0.363 e. The van der Waals surface area contributed by atoms with Gasteiger partial charge in [0, 0.05) is 5.56 Å². The molecule has 0 saturated heterocycles. The van der Waals surface area contributed by atoms with Gasteiger partial charge < -0.3 is 14.6 Å². The van der Waals surface area contributed by atoms with Gasteiger partial charge in [-0.3, -0.25) is 0 Å². The topological polar surface area (TPSA) is 85.2 Å². The lowest BCUT2D eigenvalue weighted by Gasteiger charge is -2.02. The SMILES string of the molecule is O=C(O)COc1ccc(/C=C2\N=C(c3ccccc3)OC2=O)cc1. The minimum Gasteiger partial charge on any atom is -0.482 e. The third kappa shape index (κ3) is 3.67. The van der Waals surface area contributed by atoms with E-state index in [1.54, 1.807) is 30.3 Å². The number of hydrogen-bond acceptors (Lipinski definition) is 5. The summed E-state index contributed by atoms with van der Waals surface area (Å²) in [4.78, 5) is 26.6. The van der Waals surface area contributed by atoms with Crippen molar-refractivity contribution in [2.75, 3.05) is 6.61 Å². The van der Waals surface area contributed by atoms with Crippen LogP contribution in [0.5, 0.6) is 5.75 Å². The highest BCUT2D eigenvalue weighted by molar-refractivity contribution is 6.12. The molecule has 2 aromatic carbocycles. The summed E-state index contributed by atoms with van der Waals surface area (Å²) in [6, 6.07) is 15.8. The first-order chi connectivity index (χ1) is 11.6. The second-order valence-corrected chi connectivity index (χ2v) is 4.95. The molecule has 0 spiro atoms. The van der Waals surface area contributed by atoms with E-state index < -0.39 is 18.5 Å². The standard InChI is InChI=1S/C18H13NO5/c20-16(21)11-23-14-8-6-12(7-9-14)10-15-18(22)24-17(19-15)13-4-2-1-3-5-13/h1-10H,11H2,(H,20,21)/b15-10-. The predicted molar refractivity (Wildman–Crippen MR) is 86.6 cm³/mol. The highest BCUT2D eigenvalue weighted by Gasteiger charge is 2.23. The van der Waals surface area contributed by atoms with Crippen LogP contribution in [0.15, 0.2) is 65.3 Å². The molecule has 24 heavy (non-hydrogen) atoms. The van der Waals surface area contributed by atoms with Crippen molar-refractivity contribution in [2.24, 2.45) is 4.99 Å². The molecule has 0 fully saturated rings. The van der Waals surface area contributed by atoms with Gasteiger partial charge >= 0.3 is 11.9 Å². The molecule has 1 N–H and O–H groups in total. The van der Waals surface area contributed by atoms with Crippen molar-refractivity contribution in [2.45, 2.75) is 0 Å². The Morgan fingerprint density at radius 2 is 1.83 bits per heavy atom. The van der Waals surface area contributed by atoms with Gasteiger partial charge in [-0.15, -0.1) is 0 Å². The van der Waals surface area contributed by atoms with Crippen LogP contribution in [0.4, 0.5) is 0 Å². The number of carboxylic acid groups (broad SMARTS) is 1. The van der Waals surface area contributed by atoms with Crippen LogP contribution in [0.2, 0.25) is 0 Å². The van der Waals surface area contributed by atoms with E-state index >= 15 is 0 Å². The number of benzene rings is 2. The quantitative estimate of drug-likeness (QED) is 0.675. The Hall–Kier alpha value is -3.41. The molecule has 1 aliphatic rings. The smallest absolute Gasteiger partial charge is 0.363 e. The normalized spacial score (nSPS) is 15.1. The van der Waals surface area contributed by atoms with Crippen LogP contribution < -0.4 is 4.74 Å². The molecule has 3 rings (SSSR count). The molecule has 0 aromatic heterocycles. The van der Waals surface area contributed by atoms with Gasteiger partial charge in [-0.1, -0.05) is 30.3 Å². The molecule has 6 heteroatoms. The molecule has 2 aromatic rings. The molecular weight excluding hydrogens is 310 g/mol. The number of cyclic esters (lactones) is 1. The van der Waals surface area contributed by atoms with E-state index in [0.717, 1.165) is 11.1 Å². The minimum atomic E-state index is -1.04. The number of rotatable bonds is 5. The second-order valence-electron chi connectivity index (χ2n) is 4.95. The van der Waals surface area contributed by atoms with Gasteiger partial charge in [0.15, 0.2) is 12.3 Å². The number of carbonyl (C=O) groups excluding carboxylic acids is 1. The van der Waals surface area contributed by atoms with Crippen molar-refractivity contribution in [3.8, 4) is 5.75 Å². The maximum atomic E-state index is 11.9. The molecule has 120 valence electrons. The lowest BCUT2D eigenvalue weighted by atomic mass is 10.2. The summed E-state index contributed by atoms with van der Waals surface area (Å²) in [5.74, 6) is -0.854. The number of aliphatic imine (C=N–C) groups is 1. The maximum absolute atomic E-state index is 11.9. The van der Waals surface area contributed by atoms with Gasteiger partial charge in [0.25, 0.3) is 0 Å². The highest BCUT2D eigenvalue weighted by Crippen LogP contribution is 2.20. The Balaban J connectivity index is 1.77. The van der Waals surface area contributed by atoms with Crippen LogP contribution in [0.1, 0.15) is 11.1 Å². The fourth-order valence-corrected chi connectivity index (χ4v) is 2.08. The van der Waals surface area contributed by atoms with E-state index in [4.69, 9.17) is 14.6 Å². The lowest BCUT2D eigenvalue weighted by molar-refractivity contribution is -0.139. The van der Waals surface area contributed by atoms with Crippen molar-refractivity contribution >= 4 is 23.9 Å². The largest absolute Gasteiger partial charge is 0.482 e. The summed E-state index contributed by atoms with van der Waals surface area (Å²) in [6.45, 7) is -0.405. The Kier molecular flexibility index (Phi) is 4.38. The van der Waals surface area contributed by atoms with Gasteiger partial charge in [0.1, 0.15) is 5.75 Å². The molecule has 1 aliphatic heterocycles. The summed E-state index contributed by atoms with van der Waals surface area (Å²) >= 11 is 0. The van der Waals surface area contributed by atoms with E-state index in [-0.39, 0.29) is 11.6 Å².